The number of nitro benzene ring substituents is 1. The van der Waals surface area contributed by atoms with Gasteiger partial charge in [-0.15, -0.1) is 0 Å². The molecule has 5 heteroatoms. The fraction of sp³-hybridized carbons (Fsp3) is 0.417. The Balaban J connectivity index is 2.49. The second kappa shape index (κ2) is 3.84. The third kappa shape index (κ3) is 1.67. The van der Waals surface area contributed by atoms with Crippen LogP contribution in [0, 0.1) is 17.0 Å². The van der Waals surface area contributed by atoms with Crippen molar-refractivity contribution in [1.29, 1.82) is 0 Å². The van der Waals surface area contributed by atoms with E-state index < -0.39 is 16.3 Å². The Morgan fingerprint density at radius 2 is 2.12 bits per heavy atom. The van der Waals surface area contributed by atoms with Gasteiger partial charge in [0, 0.05) is 11.6 Å². The zero-order valence-electron chi connectivity index (χ0n) is 9.47. The molecule has 0 bridgehead atoms. The van der Waals surface area contributed by atoms with E-state index >= 15 is 0 Å². The maximum atomic E-state index is 11.3. The Hall–Kier alpha value is -1.91. The molecule has 0 spiro atoms. The van der Waals surface area contributed by atoms with Crippen molar-refractivity contribution in [3.63, 3.8) is 0 Å². The Morgan fingerprint density at radius 1 is 1.47 bits per heavy atom. The molecule has 17 heavy (non-hydrogen) atoms. The van der Waals surface area contributed by atoms with E-state index in [-0.39, 0.29) is 5.69 Å². The highest BCUT2D eigenvalue weighted by atomic mass is 16.6. The lowest BCUT2D eigenvalue weighted by molar-refractivity contribution is -0.385. The minimum Gasteiger partial charge on any atom is -0.481 e. The summed E-state index contributed by atoms with van der Waals surface area (Å²) in [6, 6.07) is 4.72. The Morgan fingerprint density at radius 3 is 2.53 bits per heavy atom. The van der Waals surface area contributed by atoms with Crippen LogP contribution in [0.4, 0.5) is 5.69 Å². The second-order valence-electron chi connectivity index (χ2n) is 4.50. The highest BCUT2D eigenvalue weighted by Gasteiger charge is 2.46. The van der Waals surface area contributed by atoms with Gasteiger partial charge in [0.15, 0.2) is 0 Å². The Labute approximate surface area is 98.2 Å². The first-order valence-corrected chi connectivity index (χ1v) is 5.46. The van der Waals surface area contributed by atoms with E-state index in [2.05, 4.69) is 0 Å². The Kier molecular flexibility index (Phi) is 2.61. The average molecular weight is 235 g/mol. The van der Waals surface area contributed by atoms with Crippen LogP contribution in [-0.2, 0) is 10.2 Å². The normalized spacial score (nSPS) is 17.2. The van der Waals surface area contributed by atoms with Gasteiger partial charge in [-0.1, -0.05) is 18.6 Å². The molecule has 0 heterocycles. The van der Waals surface area contributed by atoms with Gasteiger partial charge in [0.05, 0.1) is 10.3 Å². The van der Waals surface area contributed by atoms with Crippen molar-refractivity contribution in [2.24, 2.45) is 0 Å². The predicted octanol–water partition coefficient (Wildman–Crippen LogP) is 2.41. The number of hydrogen-bond donors (Lipinski definition) is 1. The third-order valence-electron chi connectivity index (χ3n) is 3.57. The van der Waals surface area contributed by atoms with Crippen molar-refractivity contribution in [2.75, 3.05) is 0 Å². The van der Waals surface area contributed by atoms with E-state index in [1.165, 1.54) is 6.07 Å². The summed E-state index contributed by atoms with van der Waals surface area (Å²) in [5, 5.41) is 20.1. The van der Waals surface area contributed by atoms with Crippen molar-refractivity contribution >= 4 is 11.7 Å². The molecule has 0 aromatic heterocycles. The van der Waals surface area contributed by atoms with Crippen LogP contribution in [0.25, 0.3) is 0 Å². The van der Waals surface area contributed by atoms with Gasteiger partial charge in [0.1, 0.15) is 0 Å². The average Bonchev–Trinajstić information content (AvgIpc) is 2.17. The van der Waals surface area contributed by atoms with Crippen molar-refractivity contribution in [3.8, 4) is 0 Å². The smallest absolute Gasteiger partial charge is 0.314 e. The molecule has 1 aromatic carbocycles. The number of carbonyl (C=O) groups is 1. The molecule has 1 N–H and O–H groups in total. The molecule has 0 radical (unpaired) electrons. The number of rotatable bonds is 3. The molecule has 0 amide bonds. The molecular weight excluding hydrogens is 222 g/mol. The standard InChI is InChI=1S/C12H13NO4/c1-8-3-4-9(7-10(8)13(16)17)12(11(14)15)5-2-6-12/h3-4,7H,2,5-6H2,1H3,(H,14,15). The van der Waals surface area contributed by atoms with Gasteiger partial charge >= 0.3 is 5.97 Å². The fourth-order valence-corrected chi connectivity index (χ4v) is 2.26. The van der Waals surface area contributed by atoms with Gasteiger partial charge in [-0.3, -0.25) is 14.9 Å². The molecule has 0 atom stereocenters. The van der Waals surface area contributed by atoms with Gasteiger partial charge < -0.3 is 5.11 Å². The maximum Gasteiger partial charge on any atom is 0.314 e. The van der Waals surface area contributed by atoms with Crippen LogP contribution in [0.3, 0.4) is 0 Å². The monoisotopic (exact) mass is 235 g/mol. The number of nitrogens with zero attached hydrogens (tertiary/aromatic N) is 1. The molecule has 1 saturated carbocycles. The van der Waals surface area contributed by atoms with Crippen molar-refractivity contribution in [2.45, 2.75) is 31.6 Å². The van der Waals surface area contributed by atoms with E-state index in [0.717, 1.165) is 6.42 Å². The van der Waals surface area contributed by atoms with E-state index in [9.17, 15) is 20.0 Å². The Bertz CT molecular complexity index is 491. The summed E-state index contributed by atoms with van der Waals surface area (Å²) in [4.78, 5) is 21.7. The van der Waals surface area contributed by atoms with E-state index in [0.29, 0.717) is 24.0 Å². The quantitative estimate of drug-likeness (QED) is 0.644. The van der Waals surface area contributed by atoms with Crippen molar-refractivity contribution < 1.29 is 14.8 Å². The first kappa shape index (κ1) is 11.6. The highest BCUT2D eigenvalue weighted by molar-refractivity contribution is 5.83. The minimum absolute atomic E-state index is 0.00461. The summed E-state index contributed by atoms with van der Waals surface area (Å²) < 4.78 is 0. The van der Waals surface area contributed by atoms with Gasteiger partial charge in [0.2, 0.25) is 0 Å². The number of benzene rings is 1. The third-order valence-corrected chi connectivity index (χ3v) is 3.57. The van der Waals surface area contributed by atoms with Crippen LogP contribution in [-0.4, -0.2) is 16.0 Å². The minimum atomic E-state index is -0.904. The van der Waals surface area contributed by atoms with Crippen LogP contribution < -0.4 is 0 Å². The molecule has 1 aliphatic carbocycles. The summed E-state index contributed by atoms with van der Waals surface area (Å²) in [6.07, 6.45) is 1.97. The van der Waals surface area contributed by atoms with E-state index in [4.69, 9.17) is 0 Å². The number of aryl methyl sites for hydroxylation is 1. The van der Waals surface area contributed by atoms with Gasteiger partial charge in [-0.2, -0.15) is 0 Å². The number of nitro groups is 1. The molecule has 5 nitrogen and oxygen atoms in total. The van der Waals surface area contributed by atoms with Gasteiger partial charge in [-0.25, -0.2) is 0 Å². The SMILES string of the molecule is Cc1ccc(C2(C(=O)O)CCC2)cc1[N+](=O)[O-]. The van der Waals surface area contributed by atoms with Crippen molar-refractivity contribution in [1.82, 2.24) is 0 Å². The van der Waals surface area contributed by atoms with Gasteiger partial charge in [-0.05, 0) is 25.3 Å². The summed E-state index contributed by atoms with van der Waals surface area (Å²) >= 11 is 0. The molecule has 0 unspecified atom stereocenters. The summed E-state index contributed by atoms with van der Waals surface area (Å²) in [5.74, 6) is -0.887. The number of carboxylic acids is 1. The maximum absolute atomic E-state index is 11.3. The lowest BCUT2D eigenvalue weighted by Gasteiger charge is -2.38. The lowest BCUT2D eigenvalue weighted by Crippen LogP contribution is -2.42. The van der Waals surface area contributed by atoms with Crippen LogP contribution in [0.1, 0.15) is 30.4 Å². The fourth-order valence-electron chi connectivity index (χ4n) is 2.26. The summed E-state index contributed by atoms with van der Waals surface area (Å²) in [5.41, 5.74) is 0.195. The van der Waals surface area contributed by atoms with Crippen LogP contribution in [0.15, 0.2) is 18.2 Å². The lowest BCUT2D eigenvalue weighted by atomic mass is 9.64. The van der Waals surface area contributed by atoms with E-state index in [1.54, 1.807) is 19.1 Å². The van der Waals surface area contributed by atoms with Gasteiger partial charge in [0.25, 0.3) is 5.69 Å². The number of aliphatic carboxylic acids is 1. The molecule has 2 rings (SSSR count). The number of hydrogen-bond acceptors (Lipinski definition) is 3. The first-order chi connectivity index (χ1) is 7.97. The molecule has 1 fully saturated rings. The first-order valence-electron chi connectivity index (χ1n) is 5.46. The summed E-state index contributed by atoms with van der Waals surface area (Å²) in [7, 11) is 0. The zero-order chi connectivity index (χ0) is 12.6. The predicted molar refractivity (Wildman–Crippen MR) is 61.0 cm³/mol. The molecule has 90 valence electrons. The number of carboxylic acid groups (broad SMARTS) is 1. The van der Waals surface area contributed by atoms with Crippen molar-refractivity contribution in [3.05, 3.63) is 39.4 Å². The molecule has 0 saturated heterocycles. The summed E-state index contributed by atoms with van der Waals surface area (Å²) in [6.45, 7) is 1.65. The van der Waals surface area contributed by atoms with E-state index in [1.807, 2.05) is 0 Å². The molecular formula is C12H13NO4. The van der Waals surface area contributed by atoms with Crippen LogP contribution >= 0.6 is 0 Å². The molecule has 1 aliphatic rings. The topological polar surface area (TPSA) is 80.4 Å². The molecule has 1 aromatic rings. The zero-order valence-corrected chi connectivity index (χ0v) is 9.47. The molecule has 0 aliphatic heterocycles. The van der Waals surface area contributed by atoms with Crippen LogP contribution in [0.5, 0.6) is 0 Å². The highest BCUT2D eigenvalue weighted by Crippen LogP contribution is 2.45. The largest absolute Gasteiger partial charge is 0.481 e. The second-order valence-corrected chi connectivity index (χ2v) is 4.50. The van der Waals surface area contributed by atoms with Crippen LogP contribution in [0.2, 0.25) is 0 Å².